The quantitative estimate of drug-likeness (QED) is 0.814. The molecule has 1 heterocycles. The van der Waals surface area contributed by atoms with Crippen LogP contribution in [0.3, 0.4) is 0 Å². The molecule has 0 bridgehead atoms. The molecule has 0 spiro atoms. The molecule has 0 saturated heterocycles. The van der Waals surface area contributed by atoms with Crippen LogP contribution in [-0.4, -0.2) is 33.9 Å². The summed E-state index contributed by atoms with van der Waals surface area (Å²) in [6.45, 7) is 5.00. The van der Waals surface area contributed by atoms with Gasteiger partial charge in [-0.25, -0.2) is 4.98 Å². The zero-order valence-electron chi connectivity index (χ0n) is 9.40. The third-order valence-corrected chi connectivity index (χ3v) is 3.36. The van der Waals surface area contributed by atoms with Gasteiger partial charge < -0.3 is 10.6 Å². The zero-order chi connectivity index (χ0) is 12.1. The molecular weight excluding hydrogens is 242 g/mol. The van der Waals surface area contributed by atoms with Crippen molar-refractivity contribution in [2.75, 3.05) is 13.1 Å². The van der Waals surface area contributed by atoms with E-state index in [1.165, 1.54) is 11.3 Å². The number of aryl methyl sites for hydroxylation is 1. The van der Waals surface area contributed by atoms with E-state index in [1.807, 2.05) is 13.8 Å². The first kappa shape index (κ1) is 13.1. The summed E-state index contributed by atoms with van der Waals surface area (Å²) < 4.78 is 0. The minimum Gasteiger partial charge on any atom is -0.393 e. The van der Waals surface area contributed by atoms with Crippen molar-refractivity contribution in [1.82, 2.24) is 9.88 Å². The summed E-state index contributed by atoms with van der Waals surface area (Å²) in [6, 6.07) is 0. The van der Waals surface area contributed by atoms with E-state index in [9.17, 15) is 4.79 Å². The third-order valence-electron chi connectivity index (χ3n) is 2.24. The Bertz CT molecular complexity index is 389. The monoisotopic (exact) mass is 257 g/mol. The molecule has 4 nitrogen and oxygen atoms in total. The lowest BCUT2D eigenvalue weighted by Crippen LogP contribution is -2.33. The first-order valence-corrected chi connectivity index (χ1v) is 6.32. The molecule has 1 rings (SSSR count). The number of aromatic nitrogens is 1. The predicted octanol–water partition coefficient (Wildman–Crippen LogP) is 1.59. The predicted molar refractivity (Wildman–Crippen MR) is 69.8 cm³/mol. The maximum Gasteiger partial charge on any atom is 0.265 e. The molecule has 0 saturated carbocycles. The van der Waals surface area contributed by atoms with Gasteiger partial charge >= 0.3 is 0 Å². The molecule has 6 heteroatoms. The van der Waals surface area contributed by atoms with Crippen molar-refractivity contribution in [2.24, 2.45) is 5.73 Å². The van der Waals surface area contributed by atoms with Gasteiger partial charge in [0.2, 0.25) is 0 Å². The van der Waals surface area contributed by atoms with Crippen molar-refractivity contribution in [1.29, 1.82) is 0 Å². The Kier molecular flexibility index (Phi) is 4.82. The lowest BCUT2D eigenvalue weighted by atomic mass is 10.3. The Morgan fingerprint density at radius 1 is 1.69 bits per heavy atom. The molecule has 0 aromatic carbocycles. The normalized spacial score (nSPS) is 10.1. The van der Waals surface area contributed by atoms with E-state index in [2.05, 4.69) is 4.98 Å². The topological polar surface area (TPSA) is 59.2 Å². The fourth-order valence-corrected chi connectivity index (χ4v) is 2.16. The highest BCUT2D eigenvalue weighted by molar-refractivity contribution is 7.80. The van der Waals surface area contributed by atoms with Gasteiger partial charge in [0, 0.05) is 19.5 Å². The number of carbonyl (C=O) groups excluding carboxylic acids is 1. The number of nitrogens with zero attached hydrogens (tertiary/aromatic N) is 2. The molecule has 1 aromatic heterocycles. The van der Waals surface area contributed by atoms with Gasteiger partial charge in [-0.15, -0.1) is 11.3 Å². The lowest BCUT2D eigenvalue weighted by Gasteiger charge is -2.19. The van der Waals surface area contributed by atoms with Crippen LogP contribution < -0.4 is 5.73 Å². The average molecular weight is 257 g/mol. The molecule has 16 heavy (non-hydrogen) atoms. The number of thiazole rings is 1. The number of carbonyl (C=O) groups is 1. The molecule has 2 N–H and O–H groups in total. The number of thiocarbonyl (C=S) groups is 1. The maximum atomic E-state index is 12.1. The highest BCUT2D eigenvalue weighted by Crippen LogP contribution is 2.15. The Hall–Kier alpha value is -1.01. The largest absolute Gasteiger partial charge is 0.393 e. The van der Waals surface area contributed by atoms with E-state index in [4.69, 9.17) is 18.0 Å². The summed E-state index contributed by atoms with van der Waals surface area (Å²) in [7, 11) is 0. The van der Waals surface area contributed by atoms with Crippen molar-refractivity contribution in [3.8, 4) is 0 Å². The van der Waals surface area contributed by atoms with Gasteiger partial charge in [0.1, 0.15) is 4.88 Å². The van der Waals surface area contributed by atoms with Crippen LogP contribution in [0.1, 0.15) is 28.7 Å². The third kappa shape index (κ3) is 3.24. The van der Waals surface area contributed by atoms with Crippen molar-refractivity contribution < 1.29 is 4.79 Å². The van der Waals surface area contributed by atoms with Gasteiger partial charge in [-0.1, -0.05) is 12.2 Å². The van der Waals surface area contributed by atoms with Crippen LogP contribution in [0.25, 0.3) is 0 Å². The van der Waals surface area contributed by atoms with Crippen molar-refractivity contribution in [2.45, 2.75) is 20.3 Å². The molecule has 0 aliphatic carbocycles. The SMILES string of the molecule is CCN(CCC(N)=S)C(=O)c1scnc1C. The highest BCUT2D eigenvalue weighted by Gasteiger charge is 2.17. The van der Waals surface area contributed by atoms with E-state index >= 15 is 0 Å². The van der Waals surface area contributed by atoms with Crippen LogP contribution in [0.5, 0.6) is 0 Å². The first-order chi connectivity index (χ1) is 7.56. The van der Waals surface area contributed by atoms with Gasteiger partial charge in [0.05, 0.1) is 16.2 Å². The summed E-state index contributed by atoms with van der Waals surface area (Å²) in [5.41, 5.74) is 7.89. The van der Waals surface area contributed by atoms with Gasteiger partial charge in [-0.3, -0.25) is 4.79 Å². The molecule has 0 unspecified atom stereocenters. The fourth-order valence-electron chi connectivity index (χ4n) is 1.30. The molecule has 0 fully saturated rings. The first-order valence-electron chi connectivity index (χ1n) is 5.04. The van der Waals surface area contributed by atoms with Gasteiger partial charge in [-0.2, -0.15) is 0 Å². The minimum atomic E-state index is 0.0127. The second kappa shape index (κ2) is 5.91. The Morgan fingerprint density at radius 3 is 2.81 bits per heavy atom. The van der Waals surface area contributed by atoms with Crippen LogP contribution >= 0.6 is 23.6 Å². The number of hydrogen-bond acceptors (Lipinski definition) is 4. The summed E-state index contributed by atoms with van der Waals surface area (Å²) in [5.74, 6) is 0.0127. The Balaban J connectivity index is 2.70. The Labute approximate surface area is 104 Å². The smallest absolute Gasteiger partial charge is 0.265 e. The molecule has 1 amide bonds. The number of nitrogens with two attached hydrogens (primary N) is 1. The van der Waals surface area contributed by atoms with Crippen LogP contribution in [0.2, 0.25) is 0 Å². The summed E-state index contributed by atoms with van der Waals surface area (Å²) in [4.78, 5) is 19.0. The van der Waals surface area contributed by atoms with Crippen LogP contribution in [0.4, 0.5) is 0 Å². The molecule has 0 atom stereocenters. The summed E-state index contributed by atoms with van der Waals surface area (Å²) in [5, 5.41) is 0. The molecular formula is C10H15N3OS2. The summed E-state index contributed by atoms with van der Waals surface area (Å²) >= 11 is 6.17. The Morgan fingerprint density at radius 2 is 2.38 bits per heavy atom. The highest BCUT2D eigenvalue weighted by atomic mass is 32.1. The molecule has 88 valence electrons. The van der Waals surface area contributed by atoms with Crippen LogP contribution in [-0.2, 0) is 0 Å². The van der Waals surface area contributed by atoms with Crippen molar-refractivity contribution in [3.05, 3.63) is 16.1 Å². The number of hydrogen-bond donors (Lipinski definition) is 1. The zero-order valence-corrected chi connectivity index (χ0v) is 11.0. The molecule has 0 radical (unpaired) electrons. The van der Waals surface area contributed by atoms with Crippen molar-refractivity contribution >= 4 is 34.5 Å². The van der Waals surface area contributed by atoms with Crippen LogP contribution in [0, 0.1) is 6.92 Å². The lowest BCUT2D eigenvalue weighted by molar-refractivity contribution is 0.0773. The minimum absolute atomic E-state index is 0.0127. The van der Waals surface area contributed by atoms with E-state index in [0.717, 1.165) is 5.69 Å². The second-order valence-electron chi connectivity index (χ2n) is 3.37. The average Bonchev–Trinajstić information content (AvgIpc) is 2.64. The van der Waals surface area contributed by atoms with Gasteiger partial charge in [0.15, 0.2) is 0 Å². The second-order valence-corrected chi connectivity index (χ2v) is 4.75. The standard InChI is InChI=1S/C10H15N3OS2/c1-3-13(5-4-8(11)15)10(14)9-7(2)12-6-16-9/h6H,3-5H2,1-2H3,(H2,11,15). The number of rotatable bonds is 5. The van der Waals surface area contributed by atoms with E-state index < -0.39 is 0 Å². The maximum absolute atomic E-state index is 12.1. The summed E-state index contributed by atoms with van der Waals surface area (Å²) in [6.07, 6.45) is 0.562. The molecule has 0 aliphatic heterocycles. The van der Waals surface area contributed by atoms with Crippen LogP contribution in [0.15, 0.2) is 5.51 Å². The fraction of sp³-hybridized carbons (Fsp3) is 0.500. The number of amides is 1. The molecule has 1 aromatic rings. The van der Waals surface area contributed by atoms with E-state index in [-0.39, 0.29) is 5.91 Å². The van der Waals surface area contributed by atoms with Crippen molar-refractivity contribution in [3.63, 3.8) is 0 Å². The van der Waals surface area contributed by atoms with E-state index in [0.29, 0.717) is 29.4 Å². The molecule has 0 aliphatic rings. The van der Waals surface area contributed by atoms with Gasteiger partial charge in [-0.05, 0) is 13.8 Å². The van der Waals surface area contributed by atoms with Gasteiger partial charge in [0.25, 0.3) is 5.91 Å². The van der Waals surface area contributed by atoms with E-state index in [1.54, 1.807) is 10.4 Å².